The Morgan fingerprint density at radius 1 is 0.902 bits per heavy atom. The largest absolute Gasteiger partial charge is 0.396 e. The van der Waals surface area contributed by atoms with Gasteiger partial charge in [-0.25, -0.2) is 0 Å². The number of hydrogen-bond acceptors (Lipinski definition) is 6. The summed E-state index contributed by atoms with van der Waals surface area (Å²) in [4.78, 5) is 33.9. The van der Waals surface area contributed by atoms with Gasteiger partial charge in [-0.1, -0.05) is 55.5 Å². The van der Waals surface area contributed by atoms with Crippen molar-refractivity contribution in [1.29, 1.82) is 0 Å². The highest BCUT2D eigenvalue weighted by molar-refractivity contribution is 6.13. The van der Waals surface area contributed by atoms with Crippen molar-refractivity contribution in [2.24, 2.45) is 5.92 Å². The smallest absolute Gasteiger partial charge is 0.268 e. The van der Waals surface area contributed by atoms with Crippen LogP contribution < -0.4 is 20.0 Å². The van der Waals surface area contributed by atoms with Gasteiger partial charge >= 0.3 is 0 Å². The predicted molar refractivity (Wildman–Crippen MR) is 160 cm³/mol. The molecule has 8 heteroatoms. The lowest BCUT2D eigenvalue weighted by Gasteiger charge is -2.39. The van der Waals surface area contributed by atoms with Gasteiger partial charge in [0.05, 0.1) is 12.4 Å². The molecule has 8 nitrogen and oxygen atoms in total. The average molecular weight is 553 g/mol. The number of amides is 2. The van der Waals surface area contributed by atoms with Gasteiger partial charge in [0.2, 0.25) is 0 Å². The van der Waals surface area contributed by atoms with Crippen LogP contribution in [0, 0.1) is 5.92 Å². The first kappa shape index (κ1) is 27.2. The zero-order valence-electron chi connectivity index (χ0n) is 23.2. The topological polar surface area (TPSA) is 96.3 Å². The van der Waals surface area contributed by atoms with E-state index in [1.165, 1.54) is 0 Å². The maximum atomic E-state index is 14.3. The van der Waals surface area contributed by atoms with Crippen LogP contribution >= 0.6 is 0 Å². The minimum Gasteiger partial charge on any atom is -0.396 e. The number of rotatable bonds is 7. The van der Waals surface area contributed by atoms with Crippen molar-refractivity contribution >= 4 is 34.6 Å². The van der Waals surface area contributed by atoms with E-state index in [0.29, 0.717) is 48.6 Å². The maximum Gasteiger partial charge on any atom is 0.268 e. The molecule has 0 unspecified atom stereocenters. The van der Waals surface area contributed by atoms with Gasteiger partial charge in [0, 0.05) is 35.2 Å². The minimum absolute atomic E-state index is 0.0152. The molecule has 2 atom stereocenters. The summed E-state index contributed by atoms with van der Waals surface area (Å²) < 4.78 is 0. The van der Waals surface area contributed by atoms with E-state index < -0.39 is 23.0 Å². The minimum atomic E-state index is -1.85. The van der Waals surface area contributed by atoms with E-state index >= 15 is 0 Å². The van der Waals surface area contributed by atoms with Crippen LogP contribution in [0.1, 0.15) is 31.7 Å². The molecule has 3 N–H and O–H groups in total. The number of aliphatic hydroxyl groups is 2. The second kappa shape index (κ2) is 10.8. The molecule has 3 aromatic rings. The Kier molecular flexibility index (Phi) is 7.15. The van der Waals surface area contributed by atoms with Gasteiger partial charge in [-0.2, -0.15) is 0 Å². The van der Waals surface area contributed by atoms with Crippen molar-refractivity contribution in [3.63, 3.8) is 0 Å². The second-order valence-corrected chi connectivity index (χ2v) is 11.1. The summed E-state index contributed by atoms with van der Waals surface area (Å²) >= 11 is 0. The molecule has 41 heavy (non-hydrogen) atoms. The van der Waals surface area contributed by atoms with Gasteiger partial charge in [-0.3, -0.25) is 19.4 Å². The van der Waals surface area contributed by atoms with Crippen molar-refractivity contribution < 1.29 is 19.8 Å². The van der Waals surface area contributed by atoms with Crippen LogP contribution in [0.25, 0.3) is 0 Å². The van der Waals surface area contributed by atoms with Crippen molar-refractivity contribution in [2.45, 2.75) is 37.3 Å². The summed E-state index contributed by atoms with van der Waals surface area (Å²) in [6.45, 7) is 3.68. The van der Waals surface area contributed by atoms with Crippen LogP contribution in [0.2, 0.25) is 0 Å². The van der Waals surface area contributed by atoms with E-state index in [9.17, 15) is 19.8 Å². The van der Waals surface area contributed by atoms with Gasteiger partial charge < -0.3 is 20.4 Å². The molecular formula is C33H36N4O4. The molecule has 3 aliphatic rings. The Bertz CT molecular complexity index is 1450. The Balaban J connectivity index is 1.45. The molecule has 6 rings (SSSR count). The third kappa shape index (κ3) is 4.34. The average Bonchev–Trinajstić information content (AvgIpc) is 3.41. The quantitative estimate of drug-likeness (QED) is 0.383. The summed E-state index contributed by atoms with van der Waals surface area (Å²) in [6.07, 6.45) is 5.38. The first-order chi connectivity index (χ1) is 19.9. The Morgan fingerprint density at radius 3 is 2.22 bits per heavy atom. The molecule has 0 radical (unpaired) electrons. The number of carbonyl (C=O) groups excluding carboxylic acids is 2. The highest BCUT2D eigenvalue weighted by Gasteiger charge is 2.55. The number of nitrogens with zero attached hydrogens (tertiary/aromatic N) is 3. The molecule has 0 bridgehead atoms. The highest BCUT2D eigenvalue weighted by Crippen LogP contribution is 2.50. The maximum absolute atomic E-state index is 14.3. The first-order valence-electron chi connectivity index (χ1n) is 14.3. The van der Waals surface area contributed by atoms with Crippen LogP contribution in [-0.2, 0) is 15.2 Å². The van der Waals surface area contributed by atoms with Crippen molar-refractivity contribution in [1.82, 2.24) is 5.32 Å². The zero-order chi connectivity index (χ0) is 28.6. The normalized spacial score (nSPS) is 22.7. The summed E-state index contributed by atoms with van der Waals surface area (Å²) in [5, 5.41) is 24.8. The van der Waals surface area contributed by atoms with E-state index in [-0.39, 0.29) is 12.5 Å². The van der Waals surface area contributed by atoms with Gasteiger partial charge in [-0.05, 0) is 74.8 Å². The molecule has 3 aliphatic heterocycles. The van der Waals surface area contributed by atoms with Crippen LogP contribution in [0.4, 0.5) is 22.7 Å². The fraction of sp³-hybridized carbons (Fsp3) is 0.333. The van der Waals surface area contributed by atoms with Crippen molar-refractivity contribution in [3.8, 4) is 0 Å². The van der Waals surface area contributed by atoms with E-state index in [0.717, 1.165) is 18.8 Å². The number of fused-ring (bicyclic) bond motifs is 1. The molecule has 0 saturated carbocycles. The van der Waals surface area contributed by atoms with Crippen molar-refractivity contribution in [2.75, 3.05) is 41.1 Å². The first-order valence-corrected chi connectivity index (χ1v) is 14.3. The third-order valence-corrected chi connectivity index (χ3v) is 8.81. The number of aliphatic hydroxyl groups excluding tert-OH is 1. The fourth-order valence-electron chi connectivity index (χ4n) is 6.54. The molecule has 3 heterocycles. The van der Waals surface area contributed by atoms with E-state index in [1.807, 2.05) is 78.9 Å². The molecular weight excluding hydrogens is 516 g/mol. The lowest BCUT2D eigenvalue weighted by molar-refractivity contribution is -0.138. The molecule has 1 spiro atoms. The SMILES string of the molecule is C[C@H](/C=C/CCO)[C@@]1(O)C(=O)N(c2ccccc2)c2ccc(N3CN(c4ccccc4)C4(CCNCC4)C3=O)cc21. The number of piperidine rings is 1. The number of benzene rings is 3. The number of anilines is 4. The summed E-state index contributed by atoms with van der Waals surface area (Å²) in [5.74, 6) is -0.980. The number of nitrogens with one attached hydrogen (secondary N) is 1. The van der Waals surface area contributed by atoms with Gasteiger partial charge in [0.25, 0.3) is 11.8 Å². The number of carbonyl (C=O) groups is 2. The van der Waals surface area contributed by atoms with Crippen LogP contribution in [0.3, 0.4) is 0 Å². The summed E-state index contributed by atoms with van der Waals surface area (Å²) in [7, 11) is 0. The van der Waals surface area contributed by atoms with Gasteiger partial charge in [-0.15, -0.1) is 0 Å². The second-order valence-electron chi connectivity index (χ2n) is 11.1. The Hall–Kier alpha value is -3.98. The van der Waals surface area contributed by atoms with Gasteiger partial charge in [0.15, 0.2) is 5.60 Å². The van der Waals surface area contributed by atoms with Crippen LogP contribution in [0.15, 0.2) is 91.0 Å². The lowest BCUT2D eigenvalue weighted by Crippen LogP contribution is -2.55. The summed E-state index contributed by atoms with van der Waals surface area (Å²) in [6, 6.07) is 24.8. The standard InChI is InChI=1S/C33H36N4O4/c1-24(10-8-9-21-38)33(41)28-22-27(15-16-29(28)37(31(33)40)26-13-6-3-7-14-26)35-23-36(25-11-4-2-5-12-25)32(30(35)39)17-19-34-20-18-32/h2-8,10-16,22,24,34,38,41H,9,17-21,23H2,1H3/b10-8+/t24-,33+/m1/s1. The van der Waals surface area contributed by atoms with E-state index in [4.69, 9.17) is 0 Å². The molecule has 2 saturated heterocycles. The lowest BCUT2D eigenvalue weighted by atomic mass is 9.82. The zero-order valence-corrected chi connectivity index (χ0v) is 23.2. The van der Waals surface area contributed by atoms with Crippen molar-refractivity contribution in [3.05, 3.63) is 96.6 Å². The summed E-state index contributed by atoms with van der Waals surface area (Å²) in [5.41, 5.74) is 0.868. The Labute approximate surface area is 240 Å². The molecule has 212 valence electrons. The Morgan fingerprint density at radius 2 is 1.56 bits per heavy atom. The van der Waals surface area contributed by atoms with E-state index in [1.54, 1.807) is 28.9 Å². The molecule has 0 aliphatic carbocycles. The van der Waals surface area contributed by atoms with Crippen LogP contribution in [-0.4, -0.2) is 53.9 Å². The molecule has 0 aromatic heterocycles. The van der Waals surface area contributed by atoms with E-state index in [2.05, 4.69) is 10.2 Å². The predicted octanol–water partition coefficient (Wildman–Crippen LogP) is 4.06. The monoisotopic (exact) mass is 552 g/mol. The van der Waals surface area contributed by atoms with Crippen LogP contribution in [0.5, 0.6) is 0 Å². The third-order valence-electron chi connectivity index (χ3n) is 8.81. The molecule has 2 fully saturated rings. The highest BCUT2D eigenvalue weighted by atomic mass is 16.3. The number of hydrogen-bond donors (Lipinski definition) is 3. The number of para-hydroxylation sites is 2. The van der Waals surface area contributed by atoms with Gasteiger partial charge in [0.1, 0.15) is 5.54 Å². The fourth-order valence-corrected chi connectivity index (χ4v) is 6.54. The molecule has 2 amide bonds. The molecule has 3 aromatic carbocycles.